The maximum Gasteiger partial charge on any atom is 0.431 e. The van der Waals surface area contributed by atoms with Crippen LogP contribution in [0, 0.1) is 0 Å². The van der Waals surface area contributed by atoms with E-state index in [2.05, 4.69) is 4.74 Å². The van der Waals surface area contributed by atoms with Gasteiger partial charge in [-0.15, -0.1) is 0 Å². The van der Waals surface area contributed by atoms with E-state index in [1.807, 2.05) is 0 Å². The Morgan fingerprint density at radius 3 is 2.38 bits per heavy atom. The molecular weight excluding hydrogens is 353 g/mol. The molecule has 128 valence electrons. The zero-order valence-corrected chi connectivity index (χ0v) is 13.1. The minimum atomic E-state index is -4.86. The molecule has 2 aromatic rings. The van der Waals surface area contributed by atoms with Gasteiger partial charge >= 0.3 is 17.8 Å². The predicted molar refractivity (Wildman–Crippen MR) is 78.6 cm³/mol. The van der Waals surface area contributed by atoms with Crippen LogP contribution in [0.2, 0.25) is 5.02 Å². The van der Waals surface area contributed by atoms with Crippen molar-refractivity contribution in [3.63, 3.8) is 0 Å². The van der Waals surface area contributed by atoms with Crippen molar-refractivity contribution in [3.8, 4) is 5.69 Å². The van der Waals surface area contributed by atoms with Gasteiger partial charge in [-0.05, 0) is 18.2 Å². The molecule has 24 heavy (non-hydrogen) atoms. The quantitative estimate of drug-likeness (QED) is 0.766. The molecule has 0 N–H and O–H groups in total. The minimum absolute atomic E-state index is 0.00221. The fourth-order valence-electron chi connectivity index (χ4n) is 2.05. The van der Waals surface area contributed by atoms with Crippen LogP contribution in [0.15, 0.2) is 33.9 Å². The molecular formula is C14H10ClF3N2O4. The smallest absolute Gasteiger partial charge is 0.431 e. The normalized spacial score (nSPS) is 11.4. The van der Waals surface area contributed by atoms with E-state index < -0.39 is 29.1 Å². The van der Waals surface area contributed by atoms with Gasteiger partial charge in [0.2, 0.25) is 0 Å². The van der Waals surface area contributed by atoms with Crippen LogP contribution in [-0.2, 0) is 18.0 Å². The maximum absolute atomic E-state index is 12.8. The van der Waals surface area contributed by atoms with Crippen LogP contribution in [0.4, 0.5) is 13.2 Å². The summed E-state index contributed by atoms with van der Waals surface area (Å²) in [6.45, 7) is 0. The molecule has 2 rings (SSSR count). The van der Waals surface area contributed by atoms with Crippen molar-refractivity contribution in [2.24, 2.45) is 7.05 Å². The number of nitrogens with zero attached hydrogens (tertiary/aromatic N) is 2. The zero-order chi connectivity index (χ0) is 18.2. The number of alkyl halides is 3. The second kappa shape index (κ2) is 6.16. The first-order valence-electron chi connectivity index (χ1n) is 6.36. The van der Waals surface area contributed by atoms with E-state index in [-0.39, 0.29) is 16.3 Å². The topological polar surface area (TPSA) is 70.3 Å². The molecule has 0 aliphatic heterocycles. The number of aromatic nitrogens is 2. The third-order valence-electron chi connectivity index (χ3n) is 3.22. The van der Waals surface area contributed by atoms with Crippen LogP contribution in [-0.4, -0.2) is 22.2 Å². The summed E-state index contributed by atoms with van der Waals surface area (Å²) in [7, 11) is 1.99. The molecule has 0 saturated heterocycles. The molecule has 0 bridgehead atoms. The number of esters is 1. The van der Waals surface area contributed by atoms with Crippen molar-refractivity contribution >= 4 is 17.6 Å². The highest BCUT2D eigenvalue weighted by atomic mass is 35.5. The Balaban J connectivity index is 2.76. The van der Waals surface area contributed by atoms with Gasteiger partial charge in [-0.3, -0.25) is 9.36 Å². The van der Waals surface area contributed by atoms with Crippen LogP contribution in [0.25, 0.3) is 5.69 Å². The number of halogens is 4. The van der Waals surface area contributed by atoms with Gasteiger partial charge in [-0.1, -0.05) is 11.6 Å². The van der Waals surface area contributed by atoms with Gasteiger partial charge in [0.15, 0.2) is 0 Å². The van der Waals surface area contributed by atoms with Crippen LogP contribution in [0.3, 0.4) is 0 Å². The molecule has 0 amide bonds. The van der Waals surface area contributed by atoms with Crippen molar-refractivity contribution in [2.45, 2.75) is 6.18 Å². The van der Waals surface area contributed by atoms with Gasteiger partial charge in [0.1, 0.15) is 5.69 Å². The van der Waals surface area contributed by atoms with Crippen molar-refractivity contribution in [1.29, 1.82) is 0 Å². The summed E-state index contributed by atoms with van der Waals surface area (Å²) in [4.78, 5) is 35.8. The average molecular weight is 363 g/mol. The van der Waals surface area contributed by atoms with Crippen LogP contribution >= 0.6 is 11.6 Å². The number of carbonyl (C=O) groups excluding carboxylic acids is 1. The lowest BCUT2D eigenvalue weighted by molar-refractivity contribution is -0.144. The molecule has 0 fully saturated rings. The largest absolute Gasteiger partial charge is 0.465 e. The summed E-state index contributed by atoms with van der Waals surface area (Å²) in [5.74, 6) is -0.821. The number of methoxy groups -OCH3 is 1. The van der Waals surface area contributed by atoms with E-state index in [0.29, 0.717) is 15.2 Å². The lowest BCUT2D eigenvalue weighted by atomic mass is 10.2. The number of benzene rings is 1. The number of hydrogen-bond donors (Lipinski definition) is 0. The monoisotopic (exact) mass is 362 g/mol. The predicted octanol–water partition coefficient (Wildman–Crippen LogP) is 2.00. The van der Waals surface area contributed by atoms with Crippen LogP contribution < -0.4 is 11.2 Å². The van der Waals surface area contributed by atoms with Gasteiger partial charge in [-0.25, -0.2) is 14.2 Å². The molecule has 1 aromatic heterocycles. The molecule has 0 aliphatic rings. The lowest BCUT2D eigenvalue weighted by Crippen LogP contribution is -2.40. The maximum atomic E-state index is 12.8. The van der Waals surface area contributed by atoms with Crippen LogP contribution in [0.5, 0.6) is 0 Å². The summed E-state index contributed by atoms with van der Waals surface area (Å²) in [5.41, 5.74) is -4.03. The minimum Gasteiger partial charge on any atom is -0.465 e. The third-order valence-corrected chi connectivity index (χ3v) is 3.55. The number of hydrogen-bond acceptors (Lipinski definition) is 4. The van der Waals surface area contributed by atoms with Crippen molar-refractivity contribution in [2.75, 3.05) is 7.11 Å². The number of carbonyl (C=O) groups is 1. The van der Waals surface area contributed by atoms with Gasteiger partial charge in [0.25, 0.3) is 5.56 Å². The summed E-state index contributed by atoms with van der Waals surface area (Å²) in [6.07, 6.45) is -4.86. The zero-order valence-electron chi connectivity index (χ0n) is 12.3. The molecule has 0 saturated carbocycles. The molecule has 10 heteroatoms. The SMILES string of the molecule is COC(=O)c1cc(-n2c(=O)cc(C(F)(F)F)n(C)c2=O)ccc1Cl. The average Bonchev–Trinajstić information content (AvgIpc) is 2.50. The van der Waals surface area contributed by atoms with Gasteiger partial charge in [0.05, 0.1) is 23.4 Å². The summed E-state index contributed by atoms with van der Waals surface area (Å²) < 4.78 is 43.8. The second-order valence-electron chi connectivity index (χ2n) is 4.70. The summed E-state index contributed by atoms with van der Waals surface area (Å²) in [6, 6.07) is 3.84. The van der Waals surface area contributed by atoms with Gasteiger partial charge < -0.3 is 4.74 Å². The highest BCUT2D eigenvalue weighted by Gasteiger charge is 2.35. The molecule has 0 unspecified atom stereocenters. The van der Waals surface area contributed by atoms with E-state index in [4.69, 9.17) is 11.6 Å². The molecule has 0 atom stereocenters. The van der Waals surface area contributed by atoms with Crippen molar-refractivity contribution in [1.82, 2.24) is 9.13 Å². The van der Waals surface area contributed by atoms with Crippen LogP contribution in [0.1, 0.15) is 16.1 Å². The number of rotatable bonds is 2. The highest BCUT2D eigenvalue weighted by Crippen LogP contribution is 2.27. The van der Waals surface area contributed by atoms with E-state index in [0.717, 1.165) is 20.2 Å². The Hall–Kier alpha value is -2.55. The first kappa shape index (κ1) is 17.8. The molecule has 1 aromatic carbocycles. The molecule has 0 radical (unpaired) electrons. The number of ether oxygens (including phenoxy) is 1. The fraction of sp³-hybridized carbons (Fsp3) is 0.214. The molecule has 0 spiro atoms. The van der Waals surface area contributed by atoms with Crippen molar-refractivity contribution < 1.29 is 22.7 Å². The lowest BCUT2D eigenvalue weighted by Gasteiger charge is -2.14. The second-order valence-corrected chi connectivity index (χ2v) is 5.11. The Labute approximate surface area is 137 Å². The standard InChI is InChI=1S/C14H10ClF3N2O4/c1-19-10(14(16,17)18)6-11(21)20(13(19)23)7-3-4-9(15)8(5-7)12(22)24-2/h3-6H,1-2H3. The van der Waals surface area contributed by atoms with E-state index in [9.17, 15) is 27.6 Å². The molecule has 1 heterocycles. The molecule has 6 nitrogen and oxygen atoms in total. The van der Waals surface area contributed by atoms with Crippen molar-refractivity contribution in [3.05, 3.63) is 61.4 Å². The highest BCUT2D eigenvalue weighted by molar-refractivity contribution is 6.33. The van der Waals surface area contributed by atoms with Gasteiger partial charge in [-0.2, -0.15) is 13.2 Å². The molecule has 0 aliphatic carbocycles. The third kappa shape index (κ3) is 3.07. The van der Waals surface area contributed by atoms with E-state index in [1.165, 1.54) is 12.1 Å². The first-order chi connectivity index (χ1) is 11.1. The Morgan fingerprint density at radius 2 is 1.83 bits per heavy atom. The van der Waals surface area contributed by atoms with E-state index in [1.54, 1.807) is 0 Å². The Bertz CT molecular complexity index is 931. The summed E-state index contributed by atoms with van der Waals surface area (Å²) >= 11 is 5.83. The summed E-state index contributed by atoms with van der Waals surface area (Å²) in [5, 5.41) is 0.00221. The Morgan fingerprint density at radius 1 is 1.21 bits per heavy atom. The first-order valence-corrected chi connectivity index (χ1v) is 6.74. The Kier molecular flexibility index (Phi) is 4.57. The van der Waals surface area contributed by atoms with E-state index >= 15 is 0 Å². The fourth-order valence-corrected chi connectivity index (χ4v) is 2.25. The van der Waals surface area contributed by atoms with Gasteiger partial charge in [0, 0.05) is 13.1 Å².